The van der Waals surface area contributed by atoms with Gasteiger partial charge in [-0.15, -0.1) is 0 Å². The molecule has 2 aromatic rings. The highest BCUT2D eigenvalue weighted by Crippen LogP contribution is 2.45. The minimum Gasteiger partial charge on any atom is -0.493 e. The molecule has 3 N–H and O–H groups in total. The van der Waals surface area contributed by atoms with E-state index in [1.807, 2.05) is 6.92 Å². The highest BCUT2D eigenvalue weighted by molar-refractivity contribution is 5.84. The maximum Gasteiger partial charge on any atom is 0.223 e. The van der Waals surface area contributed by atoms with Crippen molar-refractivity contribution in [3.05, 3.63) is 65.0 Å². The molecule has 1 saturated carbocycles. The number of amides is 2. The summed E-state index contributed by atoms with van der Waals surface area (Å²) in [6, 6.07) is 12.3. The van der Waals surface area contributed by atoms with Gasteiger partial charge in [-0.2, -0.15) is 0 Å². The van der Waals surface area contributed by atoms with Gasteiger partial charge in [0.05, 0.1) is 25.4 Å². The Bertz CT molecular complexity index is 1220. The molecular weight excluding hydrogens is 549 g/mol. The van der Waals surface area contributed by atoms with Crippen molar-refractivity contribution in [1.29, 1.82) is 0 Å². The molecule has 8 nitrogen and oxygen atoms in total. The Morgan fingerprint density at radius 2 is 2.00 bits per heavy atom. The van der Waals surface area contributed by atoms with Gasteiger partial charge in [0.15, 0.2) is 0 Å². The van der Waals surface area contributed by atoms with E-state index in [0.29, 0.717) is 44.0 Å². The smallest absolute Gasteiger partial charge is 0.223 e. The van der Waals surface area contributed by atoms with Gasteiger partial charge < -0.3 is 30.1 Å². The Balaban J connectivity index is 1.53. The molecule has 0 spiro atoms. The first-order valence-corrected chi connectivity index (χ1v) is 15.8. The van der Waals surface area contributed by atoms with Crippen LogP contribution in [0, 0.1) is 11.7 Å². The minimum atomic E-state index is -0.944. The van der Waals surface area contributed by atoms with Crippen molar-refractivity contribution in [1.82, 2.24) is 15.5 Å². The first-order chi connectivity index (χ1) is 20.7. The molecule has 2 aliphatic rings. The summed E-state index contributed by atoms with van der Waals surface area (Å²) in [6.07, 6.45) is 3.72. The first kappa shape index (κ1) is 32.9. The quantitative estimate of drug-likeness (QED) is 0.381. The van der Waals surface area contributed by atoms with Crippen molar-refractivity contribution in [2.75, 3.05) is 40.0 Å². The fourth-order valence-electron chi connectivity index (χ4n) is 5.87. The Morgan fingerprint density at radius 3 is 2.72 bits per heavy atom. The Kier molecular flexibility index (Phi) is 12.0. The normalized spacial score (nSPS) is 22.0. The van der Waals surface area contributed by atoms with E-state index in [-0.39, 0.29) is 49.1 Å². The third kappa shape index (κ3) is 9.49. The number of fused-ring (bicyclic) bond motifs is 2. The maximum atomic E-state index is 14.7. The van der Waals surface area contributed by atoms with Crippen LogP contribution in [0.4, 0.5) is 4.39 Å². The second-order valence-electron chi connectivity index (χ2n) is 12.1. The number of hydrogen-bond donors (Lipinski definition) is 3. The van der Waals surface area contributed by atoms with Crippen LogP contribution in [-0.2, 0) is 32.7 Å². The summed E-state index contributed by atoms with van der Waals surface area (Å²) in [5, 5.41) is 17.9. The van der Waals surface area contributed by atoms with Crippen molar-refractivity contribution < 1.29 is 28.6 Å². The SMILES string of the molecule is CCCN1CCC(COC)COc2cc(F)cc(c2)C[C@@H]([C@H](O)CNC2(c3cccc(CC)c3)CC2)NC(=O)CCC1=O. The predicted molar refractivity (Wildman–Crippen MR) is 164 cm³/mol. The maximum absolute atomic E-state index is 14.7. The summed E-state index contributed by atoms with van der Waals surface area (Å²) in [4.78, 5) is 28.0. The molecule has 236 valence electrons. The van der Waals surface area contributed by atoms with Gasteiger partial charge in [-0.25, -0.2) is 4.39 Å². The first-order valence-electron chi connectivity index (χ1n) is 15.8. The van der Waals surface area contributed by atoms with Crippen LogP contribution in [0.3, 0.4) is 0 Å². The molecule has 2 amide bonds. The molecule has 0 radical (unpaired) electrons. The van der Waals surface area contributed by atoms with Crippen LogP contribution in [0.2, 0.25) is 0 Å². The van der Waals surface area contributed by atoms with E-state index in [4.69, 9.17) is 9.47 Å². The number of ether oxygens (including phenoxy) is 2. The van der Waals surface area contributed by atoms with Crippen molar-refractivity contribution in [3.8, 4) is 5.75 Å². The van der Waals surface area contributed by atoms with Crippen molar-refractivity contribution in [2.24, 2.45) is 5.92 Å². The molecular formula is C34H48FN3O5. The molecule has 1 unspecified atom stereocenters. The number of halogens is 1. The lowest BCUT2D eigenvalue weighted by atomic mass is 9.98. The molecule has 1 aliphatic heterocycles. The van der Waals surface area contributed by atoms with E-state index in [0.717, 1.165) is 25.7 Å². The van der Waals surface area contributed by atoms with Gasteiger partial charge in [0.1, 0.15) is 11.6 Å². The highest BCUT2D eigenvalue weighted by Gasteiger charge is 2.44. The molecule has 1 heterocycles. The van der Waals surface area contributed by atoms with E-state index in [1.54, 1.807) is 18.1 Å². The average Bonchev–Trinajstić information content (AvgIpc) is 3.79. The fraction of sp³-hybridized carbons (Fsp3) is 0.588. The molecule has 2 bridgehead atoms. The number of hydrogen-bond acceptors (Lipinski definition) is 6. The zero-order valence-electron chi connectivity index (χ0n) is 25.9. The second-order valence-corrected chi connectivity index (χ2v) is 12.1. The summed E-state index contributed by atoms with van der Waals surface area (Å²) in [7, 11) is 1.63. The standard InChI is InChI=1S/C34H48FN3O5/c1-4-14-38-15-11-25(22-42-3)23-43-29-18-26(17-28(35)20-29)19-30(37-32(40)9-10-33(38)41)31(39)21-36-34(12-13-34)27-8-6-7-24(5-2)16-27/h6-8,16-18,20,25,30-31,36,39H,4-5,9-15,19,21-23H2,1-3H3,(H,37,40)/t25?,30-,31+/m0/s1. The van der Waals surface area contributed by atoms with Crippen LogP contribution in [-0.4, -0.2) is 73.9 Å². The molecule has 9 heteroatoms. The largest absolute Gasteiger partial charge is 0.493 e. The fourth-order valence-corrected chi connectivity index (χ4v) is 5.87. The van der Waals surface area contributed by atoms with Crippen molar-refractivity contribution in [2.45, 2.75) is 82.9 Å². The van der Waals surface area contributed by atoms with E-state index in [2.05, 4.69) is 41.8 Å². The van der Waals surface area contributed by atoms with E-state index in [9.17, 15) is 19.1 Å². The highest BCUT2D eigenvalue weighted by atomic mass is 19.1. The van der Waals surface area contributed by atoms with Crippen LogP contribution in [0.1, 0.15) is 69.1 Å². The predicted octanol–water partition coefficient (Wildman–Crippen LogP) is 4.12. The van der Waals surface area contributed by atoms with Crippen molar-refractivity contribution >= 4 is 11.8 Å². The number of aryl methyl sites for hydroxylation is 1. The van der Waals surface area contributed by atoms with Crippen LogP contribution in [0.25, 0.3) is 0 Å². The lowest BCUT2D eigenvalue weighted by Gasteiger charge is -2.28. The van der Waals surface area contributed by atoms with Gasteiger partial charge in [0, 0.05) is 57.1 Å². The van der Waals surface area contributed by atoms with Gasteiger partial charge in [0.25, 0.3) is 0 Å². The van der Waals surface area contributed by atoms with E-state index in [1.165, 1.54) is 23.3 Å². The molecule has 43 heavy (non-hydrogen) atoms. The number of carbonyl (C=O) groups excluding carboxylic acids is 2. The minimum absolute atomic E-state index is 0.00786. The van der Waals surface area contributed by atoms with Crippen LogP contribution < -0.4 is 15.4 Å². The molecule has 0 aromatic heterocycles. The summed E-state index contributed by atoms with van der Waals surface area (Å²) in [6.45, 7) is 6.29. The number of nitrogens with one attached hydrogen (secondary N) is 2. The third-order valence-electron chi connectivity index (χ3n) is 8.59. The van der Waals surface area contributed by atoms with Crippen LogP contribution >= 0.6 is 0 Å². The summed E-state index contributed by atoms with van der Waals surface area (Å²) < 4.78 is 26.1. The van der Waals surface area contributed by atoms with Crippen molar-refractivity contribution in [3.63, 3.8) is 0 Å². The van der Waals surface area contributed by atoms with Crippen LogP contribution in [0.15, 0.2) is 42.5 Å². The van der Waals surface area contributed by atoms with E-state index < -0.39 is 18.0 Å². The second kappa shape index (κ2) is 15.6. The van der Waals surface area contributed by atoms with Gasteiger partial charge in [-0.3, -0.25) is 9.59 Å². The summed E-state index contributed by atoms with van der Waals surface area (Å²) in [5.41, 5.74) is 2.88. The molecule has 1 fully saturated rings. The average molecular weight is 598 g/mol. The monoisotopic (exact) mass is 597 g/mol. The van der Waals surface area contributed by atoms with Crippen LogP contribution in [0.5, 0.6) is 5.75 Å². The number of methoxy groups -OCH3 is 1. The van der Waals surface area contributed by atoms with Gasteiger partial charge in [-0.1, -0.05) is 38.1 Å². The number of carbonyl (C=O) groups is 2. The molecule has 1 aliphatic carbocycles. The van der Waals surface area contributed by atoms with E-state index >= 15 is 0 Å². The zero-order valence-corrected chi connectivity index (χ0v) is 25.9. The number of aliphatic hydroxyl groups excluding tert-OH is 1. The Labute approximate surface area is 255 Å². The number of benzene rings is 2. The van der Waals surface area contributed by atoms with Gasteiger partial charge >= 0.3 is 0 Å². The number of nitrogens with zero attached hydrogens (tertiary/aromatic N) is 1. The Morgan fingerprint density at radius 1 is 1.19 bits per heavy atom. The zero-order chi connectivity index (χ0) is 30.8. The van der Waals surface area contributed by atoms with Gasteiger partial charge in [0.2, 0.25) is 11.8 Å². The summed E-state index contributed by atoms with van der Waals surface area (Å²) >= 11 is 0. The number of rotatable bonds is 10. The third-order valence-corrected chi connectivity index (χ3v) is 8.59. The summed E-state index contributed by atoms with van der Waals surface area (Å²) in [5.74, 6) is -0.439. The topological polar surface area (TPSA) is 100 Å². The molecule has 3 atom stereocenters. The lowest BCUT2D eigenvalue weighted by Crippen LogP contribution is -2.50. The number of aliphatic hydroxyl groups is 1. The molecule has 0 saturated heterocycles. The lowest BCUT2D eigenvalue weighted by molar-refractivity contribution is -0.134. The Hall–Kier alpha value is -3.01. The van der Waals surface area contributed by atoms with Gasteiger partial charge in [-0.05, 0) is 67.3 Å². The molecule has 2 aromatic carbocycles. The molecule has 4 rings (SSSR count).